The lowest BCUT2D eigenvalue weighted by atomic mass is 10.1. The van der Waals surface area contributed by atoms with Crippen molar-refractivity contribution < 1.29 is 19.1 Å². The first-order valence-corrected chi connectivity index (χ1v) is 17.1. The van der Waals surface area contributed by atoms with Gasteiger partial charge in [0.1, 0.15) is 11.0 Å². The Kier molecular flexibility index (Phi) is 8.54. The normalized spacial score (nSPS) is 11.5. The summed E-state index contributed by atoms with van der Waals surface area (Å²) in [6.45, 7) is 5.39. The molecular weight excluding hydrogens is 652 g/mol. The quantitative estimate of drug-likeness (QED) is 0.0805. The Balaban J connectivity index is 1.12. The van der Waals surface area contributed by atoms with E-state index in [9.17, 15) is 9.59 Å². The summed E-state index contributed by atoms with van der Waals surface area (Å²) in [6.07, 6.45) is 9.18. The van der Waals surface area contributed by atoms with Gasteiger partial charge in [-0.15, -0.1) is 0 Å². The maximum absolute atomic E-state index is 13.4. The second kappa shape index (κ2) is 13.8. The SMILES string of the molecule is CCN(c1ccncc1)n1c2ccccc2c2cccc(OC(=O)/C=C\C(=O)Oc3cccc4c5ccccc5n(N(CC)c5ccncc5)c34)c21. The van der Waals surface area contributed by atoms with Crippen molar-refractivity contribution >= 4 is 66.9 Å². The maximum Gasteiger partial charge on any atom is 0.336 e. The van der Waals surface area contributed by atoms with Crippen LogP contribution in [0.2, 0.25) is 0 Å². The van der Waals surface area contributed by atoms with Gasteiger partial charge in [-0.05, 0) is 62.4 Å². The van der Waals surface area contributed by atoms with Crippen LogP contribution >= 0.6 is 0 Å². The second-order valence-corrected chi connectivity index (χ2v) is 12.0. The molecule has 0 amide bonds. The van der Waals surface area contributed by atoms with Crippen LogP contribution in [0.4, 0.5) is 11.4 Å². The summed E-state index contributed by atoms with van der Waals surface area (Å²) in [6, 6.07) is 35.1. The highest BCUT2D eigenvalue weighted by atomic mass is 16.5. The second-order valence-electron chi connectivity index (χ2n) is 12.0. The molecule has 8 rings (SSSR count). The van der Waals surface area contributed by atoms with Crippen LogP contribution in [0.1, 0.15) is 13.8 Å². The molecular formula is C42H34N6O4. The first kappa shape index (κ1) is 32.3. The fourth-order valence-corrected chi connectivity index (χ4v) is 6.93. The Labute approximate surface area is 299 Å². The number of fused-ring (bicyclic) bond motifs is 6. The van der Waals surface area contributed by atoms with Crippen molar-refractivity contribution in [1.82, 2.24) is 19.3 Å². The smallest absolute Gasteiger partial charge is 0.336 e. The minimum atomic E-state index is -0.713. The lowest BCUT2D eigenvalue weighted by molar-refractivity contribution is -0.131. The van der Waals surface area contributed by atoms with Crippen molar-refractivity contribution in [2.24, 2.45) is 0 Å². The number of benzene rings is 4. The van der Waals surface area contributed by atoms with Gasteiger partial charge in [0, 0.05) is 71.6 Å². The van der Waals surface area contributed by atoms with Crippen LogP contribution in [-0.4, -0.2) is 44.3 Å². The zero-order valence-electron chi connectivity index (χ0n) is 28.6. The minimum Gasteiger partial charge on any atom is -0.421 e. The van der Waals surface area contributed by atoms with Crippen LogP contribution in [0.5, 0.6) is 11.5 Å². The molecule has 0 aliphatic carbocycles. The highest BCUT2D eigenvalue weighted by molar-refractivity contribution is 6.12. The number of esters is 2. The minimum absolute atomic E-state index is 0.356. The summed E-state index contributed by atoms with van der Waals surface area (Å²) in [5.41, 5.74) is 5.22. The Morgan fingerprint density at radius 2 is 0.923 bits per heavy atom. The van der Waals surface area contributed by atoms with E-state index in [0.717, 1.165) is 67.1 Å². The number of hydrogen-bond donors (Lipinski definition) is 0. The molecule has 0 atom stereocenters. The van der Waals surface area contributed by atoms with E-state index in [0.29, 0.717) is 24.6 Å². The monoisotopic (exact) mass is 686 g/mol. The van der Waals surface area contributed by atoms with Crippen LogP contribution in [-0.2, 0) is 9.59 Å². The summed E-state index contributed by atoms with van der Waals surface area (Å²) < 4.78 is 16.0. The third-order valence-corrected chi connectivity index (χ3v) is 9.05. The molecule has 0 spiro atoms. The average Bonchev–Trinajstić information content (AvgIpc) is 3.70. The predicted octanol–water partition coefficient (Wildman–Crippen LogP) is 8.34. The summed E-state index contributed by atoms with van der Waals surface area (Å²) >= 11 is 0. The Morgan fingerprint density at radius 3 is 1.33 bits per heavy atom. The predicted molar refractivity (Wildman–Crippen MR) is 205 cm³/mol. The number of para-hydroxylation sites is 4. The van der Waals surface area contributed by atoms with Crippen molar-refractivity contribution in [3.63, 3.8) is 0 Å². The summed E-state index contributed by atoms with van der Waals surface area (Å²) in [5, 5.41) is 8.08. The number of carbonyl (C=O) groups is 2. The molecule has 0 aliphatic heterocycles. The molecule has 0 fully saturated rings. The van der Waals surface area contributed by atoms with E-state index in [1.165, 1.54) is 0 Å². The number of ether oxygens (including phenoxy) is 2. The van der Waals surface area contributed by atoms with Gasteiger partial charge < -0.3 is 9.47 Å². The molecule has 4 aromatic heterocycles. The highest BCUT2D eigenvalue weighted by Crippen LogP contribution is 2.38. The van der Waals surface area contributed by atoms with Gasteiger partial charge in [-0.3, -0.25) is 20.0 Å². The van der Waals surface area contributed by atoms with Crippen LogP contribution < -0.4 is 19.5 Å². The van der Waals surface area contributed by atoms with Crippen molar-refractivity contribution in [2.75, 3.05) is 23.1 Å². The molecule has 10 heteroatoms. The molecule has 10 nitrogen and oxygen atoms in total. The Hall–Kier alpha value is -6.94. The number of nitrogens with zero attached hydrogens (tertiary/aromatic N) is 6. The number of rotatable bonds is 10. The van der Waals surface area contributed by atoms with Crippen LogP contribution in [0.15, 0.2) is 146 Å². The van der Waals surface area contributed by atoms with Gasteiger partial charge in [-0.1, -0.05) is 60.7 Å². The number of pyridine rings is 2. The topological polar surface area (TPSA) is 94.7 Å². The zero-order valence-corrected chi connectivity index (χ0v) is 28.6. The van der Waals surface area contributed by atoms with Gasteiger partial charge in [-0.2, -0.15) is 0 Å². The van der Waals surface area contributed by atoms with E-state index >= 15 is 0 Å². The fraction of sp³-hybridized carbons (Fsp3) is 0.0952. The van der Waals surface area contributed by atoms with E-state index in [-0.39, 0.29) is 0 Å². The number of aromatic nitrogens is 4. The standard InChI is InChI=1S/C42H34N6O4/c1-3-45(29-21-25-43-26-22-29)47-35-15-7-5-11-31(35)33-13-9-17-37(41(33)47)51-39(49)19-20-40(50)52-38-18-10-14-34-32-12-6-8-16-36(32)48(42(34)38)46(4-2)30-23-27-44-28-24-30/h5-28H,3-4H2,1-2H3/b20-19-. The van der Waals surface area contributed by atoms with Crippen molar-refractivity contribution in [3.05, 3.63) is 146 Å². The van der Waals surface area contributed by atoms with E-state index < -0.39 is 11.9 Å². The van der Waals surface area contributed by atoms with Gasteiger partial charge in [0.25, 0.3) is 0 Å². The van der Waals surface area contributed by atoms with Crippen LogP contribution in [0.25, 0.3) is 43.6 Å². The molecule has 4 heterocycles. The van der Waals surface area contributed by atoms with Crippen molar-refractivity contribution in [2.45, 2.75) is 13.8 Å². The highest BCUT2D eigenvalue weighted by Gasteiger charge is 2.22. The summed E-state index contributed by atoms with van der Waals surface area (Å²) in [4.78, 5) is 35.1. The lowest BCUT2D eigenvalue weighted by Gasteiger charge is -2.27. The molecule has 0 aliphatic rings. The largest absolute Gasteiger partial charge is 0.421 e. The Bertz CT molecular complexity index is 2430. The zero-order chi connectivity index (χ0) is 35.6. The molecule has 52 heavy (non-hydrogen) atoms. The fourth-order valence-electron chi connectivity index (χ4n) is 6.93. The summed E-state index contributed by atoms with van der Waals surface area (Å²) in [5.74, 6) is -0.714. The molecule has 4 aromatic carbocycles. The number of anilines is 2. The average molecular weight is 687 g/mol. The molecule has 0 saturated carbocycles. The van der Waals surface area contributed by atoms with Gasteiger partial charge in [0.15, 0.2) is 11.5 Å². The third-order valence-electron chi connectivity index (χ3n) is 9.05. The molecule has 0 N–H and O–H groups in total. The lowest BCUT2D eigenvalue weighted by Crippen LogP contribution is -2.29. The molecule has 0 saturated heterocycles. The molecule has 0 bridgehead atoms. The third kappa shape index (κ3) is 5.66. The number of hydrogen-bond acceptors (Lipinski definition) is 8. The first-order chi connectivity index (χ1) is 25.6. The van der Waals surface area contributed by atoms with E-state index in [1.54, 1.807) is 36.9 Å². The maximum atomic E-state index is 13.4. The molecule has 8 aromatic rings. The first-order valence-electron chi connectivity index (χ1n) is 17.1. The van der Waals surface area contributed by atoms with Crippen molar-refractivity contribution in [3.8, 4) is 11.5 Å². The van der Waals surface area contributed by atoms with Gasteiger partial charge in [-0.25, -0.2) is 18.9 Å². The van der Waals surface area contributed by atoms with E-state index in [4.69, 9.17) is 9.47 Å². The summed E-state index contributed by atoms with van der Waals surface area (Å²) in [7, 11) is 0. The molecule has 0 radical (unpaired) electrons. The van der Waals surface area contributed by atoms with Gasteiger partial charge in [0.05, 0.1) is 22.4 Å². The van der Waals surface area contributed by atoms with Gasteiger partial charge in [0.2, 0.25) is 0 Å². The molecule has 0 unspecified atom stereocenters. The van der Waals surface area contributed by atoms with Crippen LogP contribution in [0, 0.1) is 0 Å². The molecule has 256 valence electrons. The Morgan fingerprint density at radius 1 is 0.538 bits per heavy atom. The van der Waals surface area contributed by atoms with Crippen molar-refractivity contribution in [1.29, 1.82) is 0 Å². The number of carbonyl (C=O) groups excluding carboxylic acids is 2. The van der Waals surface area contributed by atoms with E-state index in [1.807, 2.05) is 97.1 Å². The van der Waals surface area contributed by atoms with Gasteiger partial charge >= 0.3 is 11.9 Å². The van der Waals surface area contributed by atoms with E-state index in [2.05, 4.69) is 43.2 Å². The van der Waals surface area contributed by atoms with Crippen LogP contribution in [0.3, 0.4) is 0 Å².